The van der Waals surface area contributed by atoms with Crippen molar-refractivity contribution in [1.82, 2.24) is 9.88 Å². The first-order valence-electron chi connectivity index (χ1n) is 10.5. The highest BCUT2D eigenvalue weighted by molar-refractivity contribution is 5.53. The standard InChI is InChI=1S/C24H29N3O3/c25-10-12-27-13-16-28-18-22(27)9-14-29-23-7-3-20(4-8-23)17-19-1-5-21(6-2-19)24-26-11-15-30-24/h1-8,11,15,22H,9-10,12-14,16-18,25H2. The van der Waals surface area contributed by atoms with Gasteiger partial charge in [-0.1, -0.05) is 24.3 Å². The van der Waals surface area contributed by atoms with E-state index in [1.54, 1.807) is 12.5 Å². The second-order valence-electron chi connectivity index (χ2n) is 7.55. The van der Waals surface area contributed by atoms with Crippen molar-refractivity contribution in [2.45, 2.75) is 18.9 Å². The Kier molecular flexibility index (Phi) is 7.13. The molecule has 1 fully saturated rings. The van der Waals surface area contributed by atoms with Gasteiger partial charge in [0, 0.05) is 31.2 Å². The van der Waals surface area contributed by atoms with Gasteiger partial charge in [-0.15, -0.1) is 0 Å². The van der Waals surface area contributed by atoms with E-state index in [0.29, 0.717) is 25.1 Å². The predicted octanol–water partition coefficient (Wildman–Crippen LogP) is 3.36. The number of oxazole rings is 1. The summed E-state index contributed by atoms with van der Waals surface area (Å²) in [4.78, 5) is 6.59. The third-order valence-electron chi connectivity index (χ3n) is 5.45. The molecule has 2 heterocycles. The van der Waals surface area contributed by atoms with Crippen LogP contribution in [0.2, 0.25) is 0 Å². The van der Waals surface area contributed by atoms with Crippen LogP contribution >= 0.6 is 0 Å². The molecule has 0 aliphatic carbocycles. The lowest BCUT2D eigenvalue weighted by Gasteiger charge is -2.35. The number of hydrogen-bond donors (Lipinski definition) is 1. The summed E-state index contributed by atoms with van der Waals surface area (Å²) < 4.78 is 16.9. The Bertz CT molecular complexity index is 877. The zero-order valence-corrected chi connectivity index (χ0v) is 17.2. The molecule has 1 aromatic heterocycles. The van der Waals surface area contributed by atoms with E-state index in [1.165, 1.54) is 11.1 Å². The summed E-state index contributed by atoms with van der Waals surface area (Å²) in [5.41, 5.74) is 9.20. The quantitative estimate of drug-likeness (QED) is 0.586. The fourth-order valence-electron chi connectivity index (χ4n) is 3.80. The van der Waals surface area contributed by atoms with Gasteiger partial charge in [-0.2, -0.15) is 0 Å². The Labute approximate surface area is 177 Å². The van der Waals surface area contributed by atoms with Crippen molar-refractivity contribution in [2.24, 2.45) is 5.73 Å². The van der Waals surface area contributed by atoms with E-state index in [2.05, 4.69) is 34.1 Å². The fourth-order valence-corrected chi connectivity index (χ4v) is 3.80. The molecule has 1 aliphatic rings. The Morgan fingerprint density at radius 3 is 2.53 bits per heavy atom. The van der Waals surface area contributed by atoms with Crippen LogP contribution in [-0.2, 0) is 11.2 Å². The number of rotatable bonds is 9. The number of ether oxygens (including phenoxy) is 2. The van der Waals surface area contributed by atoms with E-state index < -0.39 is 0 Å². The maximum absolute atomic E-state index is 5.97. The fraction of sp³-hybridized carbons (Fsp3) is 0.375. The minimum Gasteiger partial charge on any atom is -0.494 e. The van der Waals surface area contributed by atoms with E-state index >= 15 is 0 Å². The zero-order valence-electron chi connectivity index (χ0n) is 17.2. The Morgan fingerprint density at radius 1 is 1.07 bits per heavy atom. The first kappa shape index (κ1) is 20.6. The molecule has 0 radical (unpaired) electrons. The van der Waals surface area contributed by atoms with Crippen molar-refractivity contribution in [3.8, 4) is 17.2 Å². The molecule has 2 aromatic carbocycles. The molecule has 158 valence electrons. The van der Waals surface area contributed by atoms with Crippen molar-refractivity contribution in [3.05, 3.63) is 72.1 Å². The van der Waals surface area contributed by atoms with Gasteiger partial charge in [0.1, 0.15) is 12.0 Å². The molecular formula is C24H29N3O3. The van der Waals surface area contributed by atoms with Crippen molar-refractivity contribution >= 4 is 0 Å². The van der Waals surface area contributed by atoms with Gasteiger partial charge in [-0.3, -0.25) is 4.90 Å². The average molecular weight is 408 g/mol. The number of nitrogens with zero attached hydrogens (tertiary/aromatic N) is 2. The van der Waals surface area contributed by atoms with E-state index in [4.69, 9.17) is 19.6 Å². The van der Waals surface area contributed by atoms with Gasteiger partial charge in [0.15, 0.2) is 0 Å². The zero-order chi connectivity index (χ0) is 20.6. The monoisotopic (exact) mass is 407 g/mol. The number of benzene rings is 2. The Balaban J connectivity index is 1.26. The second-order valence-corrected chi connectivity index (χ2v) is 7.55. The maximum atomic E-state index is 5.97. The van der Waals surface area contributed by atoms with Crippen molar-refractivity contribution in [2.75, 3.05) is 39.5 Å². The van der Waals surface area contributed by atoms with E-state index in [0.717, 1.165) is 50.5 Å². The third-order valence-corrected chi connectivity index (χ3v) is 5.45. The molecule has 1 saturated heterocycles. The van der Waals surface area contributed by atoms with Crippen molar-refractivity contribution in [3.63, 3.8) is 0 Å². The summed E-state index contributed by atoms with van der Waals surface area (Å²) in [5, 5.41) is 0. The van der Waals surface area contributed by atoms with E-state index in [-0.39, 0.29) is 0 Å². The smallest absolute Gasteiger partial charge is 0.225 e. The first-order chi connectivity index (χ1) is 14.8. The molecule has 2 N–H and O–H groups in total. The maximum Gasteiger partial charge on any atom is 0.225 e. The molecule has 6 heteroatoms. The van der Waals surface area contributed by atoms with Crippen LogP contribution in [0.4, 0.5) is 0 Å². The van der Waals surface area contributed by atoms with Gasteiger partial charge >= 0.3 is 0 Å². The van der Waals surface area contributed by atoms with Crippen LogP contribution in [-0.4, -0.2) is 55.4 Å². The first-order valence-corrected chi connectivity index (χ1v) is 10.5. The van der Waals surface area contributed by atoms with E-state index in [9.17, 15) is 0 Å². The molecule has 6 nitrogen and oxygen atoms in total. The Hall–Kier alpha value is -2.67. The lowest BCUT2D eigenvalue weighted by Crippen LogP contribution is -2.47. The van der Waals surface area contributed by atoms with Gasteiger partial charge < -0.3 is 19.6 Å². The van der Waals surface area contributed by atoms with Gasteiger partial charge in [0.25, 0.3) is 0 Å². The van der Waals surface area contributed by atoms with Crippen LogP contribution in [0.3, 0.4) is 0 Å². The van der Waals surface area contributed by atoms with Gasteiger partial charge in [0.2, 0.25) is 5.89 Å². The molecule has 0 spiro atoms. The molecule has 0 saturated carbocycles. The molecule has 0 bridgehead atoms. The summed E-state index contributed by atoms with van der Waals surface area (Å²) in [6.07, 6.45) is 5.07. The van der Waals surface area contributed by atoms with Gasteiger partial charge in [-0.25, -0.2) is 4.98 Å². The van der Waals surface area contributed by atoms with Crippen LogP contribution in [0, 0.1) is 0 Å². The highest BCUT2D eigenvalue weighted by atomic mass is 16.5. The topological polar surface area (TPSA) is 73.8 Å². The van der Waals surface area contributed by atoms with Gasteiger partial charge in [0.05, 0.1) is 26.0 Å². The number of hydrogen-bond acceptors (Lipinski definition) is 6. The molecule has 4 rings (SSSR count). The van der Waals surface area contributed by atoms with Crippen LogP contribution in [0.5, 0.6) is 5.75 Å². The van der Waals surface area contributed by atoms with Gasteiger partial charge in [-0.05, 0) is 48.2 Å². The minimum atomic E-state index is 0.390. The lowest BCUT2D eigenvalue weighted by atomic mass is 10.0. The van der Waals surface area contributed by atoms with Crippen LogP contribution < -0.4 is 10.5 Å². The summed E-state index contributed by atoms with van der Waals surface area (Å²) in [5.74, 6) is 1.55. The van der Waals surface area contributed by atoms with Crippen molar-refractivity contribution < 1.29 is 13.9 Å². The average Bonchev–Trinajstić information content (AvgIpc) is 3.32. The molecule has 3 aromatic rings. The normalized spacial score (nSPS) is 17.2. The molecule has 0 amide bonds. The SMILES string of the molecule is NCCN1CCOCC1CCOc1ccc(Cc2ccc(-c3ncco3)cc2)cc1. The number of aromatic nitrogens is 1. The summed E-state index contributed by atoms with van der Waals surface area (Å²) in [7, 11) is 0. The lowest BCUT2D eigenvalue weighted by molar-refractivity contribution is -0.0128. The molecule has 1 atom stereocenters. The highest BCUT2D eigenvalue weighted by Gasteiger charge is 2.22. The number of morpholine rings is 1. The minimum absolute atomic E-state index is 0.390. The second kappa shape index (κ2) is 10.4. The Morgan fingerprint density at radius 2 is 1.83 bits per heavy atom. The summed E-state index contributed by atoms with van der Waals surface area (Å²) in [6, 6.07) is 17.1. The molecular weight excluding hydrogens is 378 g/mol. The predicted molar refractivity (Wildman–Crippen MR) is 117 cm³/mol. The summed E-state index contributed by atoms with van der Waals surface area (Å²) >= 11 is 0. The van der Waals surface area contributed by atoms with Crippen LogP contribution in [0.25, 0.3) is 11.5 Å². The van der Waals surface area contributed by atoms with E-state index in [1.807, 2.05) is 24.3 Å². The number of nitrogens with two attached hydrogens (primary N) is 1. The highest BCUT2D eigenvalue weighted by Crippen LogP contribution is 2.20. The largest absolute Gasteiger partial charge is 0.494 e. The van der Waals surface area contributed by atoms with Crippen LogP contribution in [0.15, 0.2) is 65.4 Å². The molecule has 1 aliphatic heterocycles. The van der Waals surface area contributed by atoms with Crippen LogP contribution in [0.1, 0.15) is 17.5 Å². The molecule has 30 heavy (non-hydrogen) atoms. The third kappa shape index (κ3) is 5.48. The molecule has 1 unspecified atom stereocenters. The summed E-state index contributed by atoms with van der Waals surface area (Å²) in [6.45, 7) is 4.79. The van der Waals surface area contributed by atoms with Crippen molar-refractivity contribution in [1.29, 1.82) is 0 Å².